The molecular formula is C15H22N2O3S. The summed E-state index contributed by atoms with van der Waals surface area (Å²) in [5.41, 5.74) is 6.70. The standard InChI is InChI=1S/C15H22N2O3S/c1-11-9-12(16)7-8-14(11)21(19,20)10-15(18)17-13-5-3-2-4-6-13/h7-9,13H,2-6,10,16H2,1H3,(H,17,18). The highest BCUT2D eigenvalue weighted by atomic mass is 32.2. The van der Waals surface area contributed by atoms with Crippen molar-refractivity contribution in [3.05, 3.63) is 23.8 Å². The van der Waals surface area contributed by atoms with Crippen LogP contribution in [0.1, 0.15) is 37.7 Å². The molecule has 0 unspecified atom stereocenters. The zero-order valence-corrected chi connectivity index (χ0v) is 13.1. The summed E-state index contributed by atoms with van der Waals surface area (Å²) >= 11 is 0. The van der Waals surface area contributed by atoms with Crippen molar-refractivity contribution in [3.8, 4) is 0 Å². The molecule has 0 aliphatic heterocycles. The molecule has 1 fully saturated rings. The van der Waals surface area contributed by atoms with Gasteiger partial charge in [0.05, 0.1) is 4.90 Å². The lowest BCUT2D eigenvalue weighted by Gasteiger charge is -2.22. The van der Waals surface area contributed by atoms with Gasteiger partial charge in [0.25, 0.3) is 0 Å². The Labute approximate surface area is 125 Å². The molecule has 1 aromatic carbocycles. The number of nitrogens with two attached hydrogens (primary N) is 1. The van der Waals surface area contributed by atoms with E-state index in [1.807, 2.05) is 0 Å². The van der Waals surface area contributed by atoms with Crippen molar-refractivity contribution in [2.75, 3.05) is 11.5 Å². The molecule has 6 heteroatoms. The Morgan fingerprint density at radius 2 is 1.95 bits per heavy atom. The molecule has 116 valence electrons. The topological polar surface area (TPSA) is 89.3 Å². The molecular weight excluding hydrogens is 288 g/mol. The van der Waals surface area contributed by atoms with Gasteiger partial charge in [0.2, 0.25) is 5.91 Å². The minimum atomic E-state index is -3.63. The van der Waals surface area contributed by atoms with E-state index in [4.69, 9.17) is 5.73 Å². The fourth-order valence-electron chi connectivity index (χ4n) is 2.79. The Morgan fingerprint density at radius 3 is 2.57 bits per heavy atom. The number of anilines is 1. The second-order valence-electron chi connectivity index (χ2n) is 5.69. The highest BCUT2D eigenvalue weighted by Crippen LogP contribution is 2.20. The number of nitrogen functional groups attached to an aromatic ring is 1. The van der Waals surface area contributed by atoms with E-state index in [9.17, 15) is 13.2 Å². The predicted molar refractivity (Wildman–Crippen MR) is 82.7 cm³/mol. The number of hydrogen-bond donors (Lipinski definition) is 2. The Kier molecular flexibility index (Phi) is 4.88. The number of rotatable bonds is 4. The number of nitrogens with one attached hydrogen (secondary N) is 1. The normalized spacial score (nSPS) is 16.6. The second kappa shape index (κ2) is 6.47. The molecule has 21 heavy (non-hydrogen) atoms. The maximum Gasteiger partial charge on any atom is 0.235 e. The Bertz CT molecular complexity index is 620. The number of aryl methyl sites for hydroxylation is 1. The molecule has 1 amide bonds. The van der Waals surface area contributed by atoms with Crippen LogP contribution in [0.5, 0.6) is 0 Å². The highest BCUT2D eigenvalue weighted by Gasteiger charge is 2.23. The van der Waals surface area contributed by atoms with Crippen LogP contribution >= 0.6 is 0 Å². The van der Waals surface area contributed by atoms with Crippen LogP contribution < -0.4 is 11.1 Å². The van der Waals surface area contributed by atoms with Crippen molar-refractivity contribution in [1.29, 1.82) is 0 Å². The van der Waals surface area contributed by atoms with E-state index in [1.54, 1.807) is 19.1 Å². The minimum absolute atomic E-state index is 0.119. The first-order valence-electron chi connectivity index (χ1n) is 7.27. The molecule has 0 spiro atoms. The number of hydrogen-bond acceptors (Lipinski definition) is 4. The van der Waals surface area contributed by atoms with E-state index < -0.39 is 21.5 Å². The Morgan fingerprint density at radius 1 is 1.29 bits per heavy atom. The van der Waals surface area contributed by atoms with Crippen LogP contribution in [0.4, 0.5) is 5.69 Å². The number of amides is 1. The van der Waals surface area contributed by atoms with Crippen molar-refractivity contribution >= 4 is 21.4 Å². The van der Waals surface area contributed by atoms with Crippen LogP contribution in [0.25, 0.3) is 0 Å². The summed E-state index contributed by atoms with van der Waals surface area (Å²) in [6, 6.07) is 4.73. The molecule has 3 N–H and O–H groups in total. The van der Waals surface area contributed by atoms with Gasteiger partial charge < -0.3 is 11.1 Å². The SMILES string of the molecule is Cc1cc(N)ccc1S(=O)(=O)CC(=O)NC1CCCCC1. The molecule has 0 aromatic heterocycles. The third kappa shape index (κ3) is 4.20. The van der Waals surface area contributed by atoms with Gasteiger partial charge in [0.1, 0.15) is 5.75 Å². The lowest BCUT2D eigenvalue weighted by atomic mass is 9.95. The first-order valence-corrected chi connectivity index (χ1v) is 8.92. The van der Waals surface area contributed by atoms with Crippen LogP contribution in [0.3, 0.4) is 0 Å². The van der Waals surface area contributed by atoms with Gasteiger partial charge in [0.15, 0.2) is 9.84 Å². The van der Waals surface area contributed by atoms with E-state index in [-0.39, 0.29) is 10.9 Å². The molecule has 1 aromatic rings. The minimum Gasteiger partial charge on any atom is -0.399 e. The first-order chi connectivity index (χ1) is 9.88. The predicted octanol–water partition coefficient (Wildman–Crippen LogP) is 1.80. The highest BCUT2D eigenvalue weighted by molar-refractivity contribution is 7.92. The van der Waals surface area contributed by atoms with Crippen LogP contribution in [0.2, 0.25) is 0 Å². The average Bonchev–Trinajstić information content (AvgIpc) is 2.38. The van der Waals surface area contributed by atoms with Crippen LogP contribution in [-0.4, -0.2) is 26.1 Å². The van der Waals surface area contributed by atoms with Crippen molar-refractivity contribution in [1.82, 2.24) is 5.32 Å². The van der Waals surface area contributed by atoms with Gasteiger partial charge in [-0.25, -0.2) is 8.42 Å². The largest absolute Gasteiger partial charge is 0.399 e. The Hall–Kier alpha value is -1.56. The summed E-state index contributed by atoms with van der Waals surface area (Å²) < 4.78 is 24.6. The number of carbonyl (C=O) groups excluding carboxylic acids is 1. The monoisotopic (exact) mass is 310 g/mol. The van der Waals surface area contributed by atoms with E-state index in [0.29, 0.717) is 11.3 Å². The smallest absolute Gasteiger partial charge is 0.235 e. The molecule has 1 aliphatic carbocycles. The third-order valence-corrected chi connectivity index (χ3v) is 5.60. The molecule has 0 saturated heterocycles. The van der Waals surface area contributed by atoms with Gasteiger partial charge in [-0.05, 0) is 43.5 Å². The van der Waals surface area contributed by atoms with Crippen molar-refractivity contribution < 1.29 is 13.2 Å². The van der Waals surface area contributed by atoms with E-state index in [2.05, 4.69) is 5.32 Å². The van der Waals surface area contributed by atoms with Crippen molar-refractivity contribution in [3.63, 3.8) is 0 Å². The lowest BCUT2D eigenvalue weighted by molar-refractivity contribution is -0.119. The van der Waals surface area contributed by atoms with Gasteiger partial charge >= 0.3 is 0 Å². The molecule has 1 saturated carbocycles. The summed E-state index contributed by atoms with van der Waals surface area (Å²) in [7, 11) is -3.63. The maximum atomic E-state index is 12.3. The van der Waals surface area contributed by atoms with Crippen LogP contribution in [0, 0.1) is 6.92 Å². The number of sulfone groups is 1. The van der Waals surface area contributed by atoms with Crippen LogP contribution in [0.15, 0.2) is 23.1 Å². The first kappa shape index (κ1) is 15.8. The molecule has 1 aliphatic rings. The lowest BCUT2D eigenvalue weighted by Crippen LogP contribution is -2.39. The van der Waals surface area contributed by atoms with Crippen molar-refractivity contribution in [2.45, 2.75) is 50.0 Å². The molecule has 0 heterocycles. The van der Waals surface area contributed by atoms with E-state index in [1.165, 1.54) is 12.5 Å². The number of benzene rings is 1. The summed E-state index contributed by atoms with van der Waals surface area (Å²) in [5.74, 6) is -0.924. The van der Waals surface area contributed by atoms with Gasteiger partial charge in [-0.1, -0.05) is 19.3 Å². The summed E-state index contributed by atoms with van der Waals surface area (Å²) in [6.07, 6.45) is 5.25. The Balaban J connectivity index is 2.04. The quantitative estimate of drug-likeness (QED) is 0.830. The summed E-state index contributed by atoms with van der Waals surface area (Å²) in [6.45, 7) is 1.68. The second-order valence-corrected chi connectivity index (χ2v) is 7.64. The summed E-state index contributed by atoms with van der Waals surface area (Å²) in [5, 5.41) is 2.83. The van der Waals surface area contributed by atoms with E-state index in [0.717, 1.165) is 25.7 Å². The van der Waals surface area contributed by atoms with Gasteiger partial charge in [-0.3, -0.25) is 4.79 Å². The van der Waals surface area contributed by atoms with Gasteiger partial charge in [-0.15, -0.1) is 0 Å². The van der Waals surface area contributed by atoms with Gasteiger partial charge in [0, 0.05) is 11.7 Å². The fraction of sp³-hybridized carbons (Fsp3) is 0.533. The summed E-state index contributed by atoms with van der Waals surface area (Å²) in [4.78, 5) is 12.1. The average molecular weight is 310 g/mol. The molecule has 2 rings (SSSR count). The third-order valence-electron chi connectivity index (χ3n) is 3.83. The fourth-order valence-corrected chi connectivity index (χ4v) is 4.20. The molecule has 0 atom stereocenters. The zero-order valence-electron chi connectivity index (χ0n) is 12.3. The van der Waals surface area contributed by atoms with Crippen molar-refractivity contribution in [2.24, 2.45) is 0 Å². The molecule has 0 radical (unpaired) electrons. The molecule has 5 nitrogen and oxygen atoms in total. The van der Waals surface area contributed by atoms with E-state index >= 15 is 0 Å². The van der Waals surface area contributed by atoms with Crippen LogP contribution in [-0.2, 0) is 14.6 Å². The molecule has 0 bridgehead atoms. The van der Waals surface area contributed by atoms with Gasteiger partial charge in [-0.2, -0.15) is 0 Å². The maximum absolute atomic E-state index is 12.3. The zero-order chi connectivity index (χ0) is 15.5. The number of carbonyl (C=O) groups is 1.